The molecule has 1 heterocycles. The van der Waals surface area contributed by atoms with Gasteiger partial charge in [0.15, 0.2) is 0 Å². The van der Waals surface area contributed by atoms with Gasteiger partial charge in [0.2, 0.25) is 0 Å². The maximum atomic E-state index is 5.61. The van der Waals surface area contributed by atoms with Crippen molar-refractivity contribution in [2.45, 2.75) is 39.8 Å². The Kier molecular flexibility index (Phi) is 3.79. The predicted octanol–water partition coefficient (Wildman–Crippen LogP) is 3.02. The Hall–Kier alpha value is -1.35. The van der Waals surface area contributed by atoms with Crippen LogP contribution < -0.4 is 0 Å². The second kappa shape index (κ2) is 5.32. The minimum atomic E-state index is 0.287. The Morgan fingerprint density at radius 3 is 2.76 bits per heavy atom. The summed E-state index contributed by atoms with van der Waals surface area (Å²) in [7, 11) is 0. The molecule has 3 heteroatoms. The summed E-state index contributed by atoms with van der Waals surface area (Å²) in [6, 6.07) is 8.28. The Balaban J connectivity index is 2.24. The van der Waals surface area contributed by atoms with Crippen LogP contribution in [0.25, 0.3) is 11.0 Å². The summed E-state index contributed by atoms with van der Waals surface area (Å²) in [5.74, 6) is 1.14. The summed E-state index contributed by atoms with van der Waals surface area (Å²) >= 11 is 0. The van der Waals surface area contributed by atoms with E-state index < -0.39 is 0 Å². The van der Waals surface area contributed by atoms with Gasteiger partial charge in [-0.25, -0.2) is 4.98 Å². The topological polar surface area (TPSA) is 27.1 Å². The number of imidazole rings is 1. The highest BCUT2D eigenvalue weighted by Gasteiger charge is 2.08. The normalized spacial score (nSPS) is 11.5. The van der Waals surface area contributed by atoms with Crippen molar-refractivity contribution >= 4 is 11.0 Å². The van der Waals surface area contributed by atoms with E-state index in [0.29, 0.717) is 0 Å². The van der Waals surface area contributed by atoms with Gasteiger partial charge < -0.3 is 9.30 Å². The van der Waals surface area contributed by atoms with E-state index >= 15 is 0 Å². The molecule has 0 atom stereocenters. The molecule has 0 saturated carbocycles. The molecule has 17 heavy (non-hydrogen) atoms. The summed E-state index contributed by atoms with van der Waals surface area (Å²) in [5.41, 5.74) is 2.28. The number of aryl methyl sites for hydroxylation is 1. The van der Waals surface area contributed by atoms with Gasteiger partial charge in [-0.1, -0.05) is 19.1 Å². The molecule has 0 radical (unpaired) electrons. The summed E-state index contributed by atoms with van der Waals surface area (Å²) in [5, 5.41) is 0. The fourth-order valence-corrected chi connectivity index (χ4v) is 2.02. The van der Waals surface area contributed by atoms with Gasteiger partial charge in [-0.15, -0.1) is 0 Å². The molecule has 0 amide bonds. The largest absolute Gasteiger partial charge is 0.377 e. The number of aromatic nitrogens is 2. The van der Waals surface area contributed by atoms with Crippen LogP contribution in [0.2, 0.25) is 0 Å². The number of rotatable bonds is 5. The molecule has 3 nitrogen and oxygen atoms in total. The molecule has 2 aromatic rings. The van der Waals surface area contributed by atoms with Crippen LogP contribution in [0.3, 0.4) is 0 Å². The molecular weight excluding hydrogens is 212 g/mol. The lowest BCUT2D eigenvalue weighted by Gasteiger charge is -2.10. The van der Waals surface area contributed by atoms with Gasteiger partial charge in [-0.2, -0.15) is 0 Å². The molecule has 0 saturated heterocycles. The van der Waals surface area contributed by atoms with E-state index in [1.165, 1.54) is 5.52 Å². The number of nitrogens with zero attached hydrogens (tertiary/aromatic N) is 2. The first-order valence-electron chi connectivity index (χ1n) is 6.28. The van der Waals surface area contributed by atoms with Crippen molar-refractivity contribution in [1.29, 1.82) is 0 Å². The van der Waals surface area contributed by atoms with Crippen LogP contribution in [0.4, 0.5) is 0 Å². The predicted molar refractivity (Wildman–Crippen MR) is 70.2 cm³/mol. The van der Waals surface area contributed by atoms with E-state index in [0.717, 1.165) is 30.9 Å². The number of fused-ring (bicyclic) bond motifs is 1. The fourth-order valence-electron chi connectivity index (χ4n) is 2.02. The number of benzene rings is 1. The molecule has 0 aliphatic heterocycles. The SMILES string of the molecule is CCc1nc2ccccc2n1CCOC(C)C. The third-order valence-corrected chi connectivity index (χ3v) is 2.82. The van der Waals surface area contributed by atoms with Crippen molar-refractivity contribution in [3.05, 3.63) is 30.1 Å². The smallest absolute Gasteiger partial charge is 0.109 e. The Bertz CT molecular complexity index is 488. The first-order chi connectivity index (χ1) is 8.22. The molecule has 0 spiro atoms. The van der Waals surface area contributed by atoms with Gasteiger partial charge in [-0.05, 0) is 26.0 Å². The Labute approximate surface area is 102 Å². The van der Waals surface area contributed by atoms with Crippen molar-refractivity contribution in [2.75, 3.05) is 6.61 Å². The third kappa shape index (κ3) is 2.67. The summed E-state index contributed by atoms with van der Waals surface area (Å²) < 4.78 is 7.88. The second-order valence-corrected chi connectivity index (χ2v) is 4.44. The molecule has 0 fully saturated rings. The van der Waals surface area contributed by atoms with Gasteiger partial charge in [0.25, 0.3) is 0 Å². The van der Waals surface area contributed by atoms with Crippen molar-refractivity contribution in [3.63, 3.8) is 0 Å². The number of para-hydroxylation sites is 2. The van der Waals surface area contributed by atoms with E-state index in [9.17, 15) is 0 Å². The molecule has 0 aliphatic carbocycles. The van der Waals surface area contributed by atoms with Gasteiger partial charge in [-0.3, -0.25) is 0 Å². The van der Waals surface area contributed by atoms with Crippen LogP contribution in [0.5, 0.6) is 0 Å². The van der Waals surface area contributed by atoms with Crippen LogP contribution in [-0.4, -0.2) is 22.3 Å². The quantitative estimate of drug-likeness (QED) is 0.792. The third-order valence-electron chi connectivity index (χ3n) is 2.82. The van der Waals surface area contributed by atoms with Gasteiger partial charge in [0.05, 0.1) is 23.7 Å². The van der Waals surface area contributed by atoms with Crippen LogP contribution in [0, 0.1) is 0 Å². The molecule has 92 valence electrons. The van der Waals surface area contributed by atoms with Gasteiger partial charge in [0, 0.05) is 13.0 Å². The molecule has 0 aliphatic rings. The highest BCUT2D eigenvalue weighted by atomic mass is 16.5. The molecule has 0 bridgehead atoms. The zero-order valence-corrected chi connectivity index (χ0v) is 10.8. The Morgan fingerprint density at radius 2 is 2.06 bits per heavy atom. The van der Waals surface area contributed by atoms with Crippen LogP contribution in [0.15, 0.2) is 24.3 Å². The minimum Gasteiger partial charge on any atom is -0.377 e. The van der Waals surface area contributed by atoms with Crippen molar-refractivity contribution < 1.29 is 4.74 Å². The summed E-state index contributed by atoms with van der Waals surface area (Å²) in [6.07, 6.45) is 1.24. The van der Waals surface area contributed by atoms with Gasteiger partial charge in [0.1, 0.15) is 5.82 Å². The number of ether oxygens (including phenoxy) is 1. The molecule has 1 aromatic heterocycles. The number of hydrogen-bond donors (Lipinski definition) is 0. The van der Waals surface area contributed by atoms with E-state index in [1.807, 2.05) is 6.07 Å². The van der Waals surface area contributed by atoms with E-state index in [1.54, 1.807) is 0 Å². The number of hydrogen-bond acceptors (Lipinski definition) is 2. The first-order valence-corrected chi connectivity index (χ1v) is 6.28. The van der Waals surface area contributed by atoms with Crippen LogP contribution >= 0.6 is 0 Å². The Morgan fingerprint density at radius 1 is 1.29 bits per heavy atom. The van der Waals surface area contributed by atoms with Crippen LogP contribution in [-0.2, 0) is 17.7 Å². The standard InChI is InChI=1S/C14H20N2O/c1-4-14-15-12-7-5-6-8-13(12)16(14)9-10-17-11(2)3/h5-8,11H,4,9-10H2,1-3H3. The maximum Gasteiger partial charge on any atom is 0.109 e. The lowest BCUT2D eigenvalue weighted by atomic mass is 10.3. The lowest BCUT2D eigenvalue weighted by molar-refractivity contribution is 0.0729. The highest BCUT2D eigenvalue weighted by Crippen LogP contribution is 2.16. The molecule has 0 N–H and O–H groups in total. The maximum absolute atomic E-state index is 5.61. The summed E-state index contributed by atoms with van der Waals surface area (Å²) in [4.78, 5) is 4.64. The zero-order valence-electron chi connectivity index (χ0n) is 10.8. The first kappa shape index (κ1) is 12.1. The van der Waals surface area contributed by atoms with E-state index in [-0.39, 0.29) is 6.10 Å². The second-order valence-electron chi connectivity index (χ2n) is 4.44. The highest BCUT2D eigenvalue weighted by molar-refractivity contribution is 5.75. The monoisotopic (exact) mass is 232 g/mol. The van der Waals surface area contributed by atoms with E-state index in [4.69, 9.17) is 4.74 Å². The van der Waals surface area contributed by atoms with Gasteiger partial charge >= 0.3 is 0 Å². The molecule has 0 unspecified atom stereocenters. The lowest BCUT2D eigenvalue weighted by Crippen LogP contribution is -2.12. The molecule has 1 aromatic carbocycles. The zero-order chi connectivity index (χ0) is 12.3. The molecular formula is C14H20N2O. The van der Waals surface area contributed by atoms with E-state index in [2.05, 4.69) is 48.5 Å². The van der Waals surface area contributed by atoms with Crippen LogP contribution in [0.1, 0.15) is 26.6 Å². The average molecular weight is 232 g/mol. The fraction of sp³-hybridized carbons (Fsp3) is 0.500. The summed E-state index contributed by atoms with van der Waals surface area (Å²) in [6.45, 7) is 7.88. The van der Waals surface area contributed by atoms with Crippen molar-refractivity contribution in [2.24, 2.45) is 0 Å². The average Bonchev–Trinajstić information content (AvgIpc) is 2.67. The van der Waals surface area contributed by atoms with Crippen molar-refractivity contribution in [1.82, 2.24) is 9.55 Å². The van der Waals surface area contributed by atoms with Crippen molar-refractivity contribution in [3.8, 4) is 0 Å². The molecule has 2 rings (SSSR count). The minimum absolute atomic E-state index is 0.287.